The molecule has 12 atom stereocenters. The molecule has 4 bridgehead atoms. The number of rotatable bonds is 4. The normalized spacial score (nSPS) is 46.7. The maximum absolute atomic E-state index is 13.4. The van der Waals surface area contributed by atoms with Crippen LogP contribution in [0.5, 0.6) is 0 Å². The fourth-order valence-electron chi connectivity index (χ4n) is 8.20. The third kappa shape index (κ3) is 3.05. The van der Waals surface area contributed by atoms with Crippen molar-refractivity contribution >= 4 is 11.9 Å². The first-order chi connectivity index (χ1) is 17.6. The van der Waals surface area contributed by atoms with Gasteiger partial charge in [0.25, 0.3) is 0 Å². The van der Waals surface area contributed by atoms with Crippen molar-refractivity contribution in [3.05, 3.63) is 47.3 Å². The summed E-state index contributed by atoms with van der Waals surface area (Å²) >= 11 is 0. The number of esters is 2. The van der Waals surface area contributed by atoms with Crippen LogP contribution in [0.1, 0.15) is 44.6 Å². The predicted octanol–water partition coefficient (Wildman–Crippen LogP) is 2.15. The van der Waals surface area contributed by atoms with Crippen molar-refractivity contribution in [1.29, 1.82) is 0 Å². The molecule has 3 N–H and O–H groups in total. The van der Waals surface area contributed by atoms with Gasteiger partial charge in [-0.1, -0.05) is 26.0 Å². The minimum Gasteiger partial charge on any atom is -0.457 e. The maximum Gasteiger partial charge on any atom is 0.355 e. The molecule has 9 heteroatoms. The van der Waals surface area contributed by atoms with Gasteiger partial charge in [-0.3, -0.25) is 0 Å². The molecule has 1 aromatic rings. The molecule has 0 unspecified atom stereocenters. The molecular formula is C28H35NO8. The van der Waals surface area contributed by atoms with E-state index in [4.69, 9.17) is 18.9 Å². The molecule has 0 amide bonds. The van der Waals surface area contributed by atoms with Crippen LogP contribution in [0.2, 0.25) is 0 Å². The molecule has 37 heavy (non-hydrogen) atoms. The van der Waals surface area contributed by atoms with Crippen LogP contribution < -0.4 is 0 Å². The molecule has 0 aromatic carbocycles. The van der Waals surface area contributed by atoms with Crippen molar-refractivity contribution in [1.82, 2.24) is 4.98 Å². The fraction of sp³-hybridized carbons (Fsp3) is 0.643. The number of aromatic amines is 1. The number of carbonyl (C=O) groups excluding carboxylic acids is 2. The zero-order valence-corrected chi connectivity index (χ0v) is 21.7. The molecule has 6 rings (SSSR count). The zero-order valence-electron chi connectivity index (χ0n) is 21.7. The largest absolute Gasteiger partial charge is 0.457 e. The van der Waals surface area contributed by atoms with E-state index in [1.165, 1.54) is 7.11 Å². The van der Waals surface area contributed by atoms with E-state index in [9.17, 15) is 19.8 Å². The van der Waals surface area contributed by atoms with Crippen LogP contribution in [0.25, 0.3) is 0 Å². The number of aromatic nitrogens is 1. The number of fused-ring (bicyclic) bond motifs is 1. The molecule has 3 heterocycles. The van der Waals surface area contributed by atoms with E-state index in [2.05, 4.69) is 11.1 Å². The number of carbonyl (C=O) groups is 2. The van der Waals surface area contributed by atoms with E-state index in [1.54, 1.807) is 25.3 Å². The number of hydrogen-bond donors (Lipinski definition) is 3. The number of aliphatic hydroxyl groups is 2. The molecule has 0 radical (unpaired) electrons. The minimum absolute atomic E-state index is 0.159. The summed E-state index contributed by atoms with van der Waals surface area (Å²) in [4.78, 5) is 29.2. The number of H-pyrrole nitrogens is 1. The summed E-state index contributed by atoms with van der Waals surface area (Å²) in [6.07, 6.45) is 2.58. The highest BCUT2D eigenvalue weighted by Gasteiger charge is 2.73. The highest BCUT2D eigenvalue weighted by atomic mass is 16.6. The molecule has 1 saturated carbocycles. The van der Waals surface area contributed by atoms with E-state index in [0.717, 1.165) is 11.1 Å². The Kier molecular flexibility index (Phi) is 5.55. The van der Waals surface area contributed by atoms with Gasteiger partial charge in [0.05, 0.1) is 12.2 Å². The standard InChI is InChI=1S/C28H35NO8/c1-12-19-14(3)28-16(11-27(19,34-5)26(33)36-22(12)15(4)30)8-9-17-20(28)21(31)13(2)23(24(17)37-28)35-25(32)18-7-6-10-29-18/h6-10,12-13,15-17,20-24,29-31H,11H2,1-5H3/t12-,13-,15-,16-,17-,20+,21-,22+,23-,24-,27-,28+/m1/s1. The van der Waals surface area contributed by atoms with Crippen LogP contribution in [-0.2, 0) is 23.7 Å². The highest BCUT2D eigenvalue weighted by molar-refractivity contribution is 5.88. The van der Waals surface area contributed by atoms with Crippen molar-refractivity contribution in [3.8, 4) is 0 Å². The second-order valence-electron chi connectivity index (χ2n) is 11.4. The van der Waals surface area contributed by atoms with Gasteiger partial charge in [-0.05, 0) is 37.1 Å². The van der Waals surface area contributed by atoms with Crippen LogP contribution in [0.3, 0.4) is 0 Å². The molecule has 1 aromatic heterocycles. The summed E-state index contributed by atoms with van der Waals surface area (Å²) in [6, 6.07) is 3.38. The van der Waals surface area contributed by atoms with Gasteiger partial charge in [-0.15, -0.1) is 0 Å². The third-order valence-electron chi connectivity index (χ3n) is 9.82. The van der Waals surface area contributed by atoms with Gasteiger partial charge in [0.1, 0.15) is 29.6 Å². The van der Waals surface area contributed by atoms with E-state index >= 15 is 0 Å². The smallest absolute Gasteiger partial charge is 0.355 e. The van der Waals surface area contributed by atoms with Gasteiger partial charge in [-0.2, -0.15) is 0 Å². The SMILES string of the molecule is CO[C@]12C[C@H]3C=C[C@H]4[C@H]5O[C@]3(C(C)=C1[C@@H](C)[C@@H]([C@@H](C)O)OC2=O)[C@@H]4[C@H](O)[C@@H](C)[C@H]5OC(=O)c1ccc[nH]1. The number of ether oxygens (including phenoxy) is 4. The number of aliphatic hydroxyl groups excluding tert-OH is 2. The molecule has 3 aliphatic carbocycles. The van der Waals surface area contributed by atoms with Crippen LogP contribution >= 0.6 is 0 Å². The first-order valence-corrected chi connectivity index (χ1v) is 13.1. The van der Waals surface area contributed by atoms with E-state index in [1.807, 2.05) is 26.8 Å². The average Bonchev–Trinajstić information content (AvgIpc) is 3.46. The molecule has 2 aliphatic heterocycles. The van der Waals surface area contributed by atoms with Crippen LogP contribution in [-0.4, -0.2) is 76.0 Å². The quantitative estimate of drug-likeness (QED) is 0.413. The third-order valence-corrected chi connectivity index (χ3v) is 9.82. The highest BCUT2D eigenvalue weighted by Crippen LogP contribution is 2.65. The number of methoxy groups -OCH3 is 1. The van der Waals surface area contributed by atoms with E-state index < -0.39 is 53.7 Å². The average molecular weight is 514 g/mol. The van der Waals surface area contributed by atoms with Crippen LogP contribution in [0.4, 0.5) is 0 Å². The molecule has 2 saturated heterocycles. The van der Waals surface area contributed by atoms with Gasteiger partial charge < -0.3 is 34.1 Å². The lowest BCUT2D eigenvalue weighted by Crippen LogP contribution is -2.65. The Balaban J connectivity index is 1.46. The predicted molar refractivity (Wildman–Crippen MR) is 130 cm³/mol. The van der Waals surface area contributed by atoms with E-state index in [0.29, 0.717) is 12.1 Å². The Morgan fingerprint density at radius 1 is 1.30 bits per heavy atom. The summed E-state index contributed by atoms with van der Waals surface area (Å²) in [5.41, 5.74) is -0.244. The molecule has 5 aliphatic rings. The topological polar surface area (TPSA) is 127 Å². The van der Waals surface area contributed by atoms with Crippen molar-refractivity contribution in [3.63, 3.8) is 0 Å². The van der Waals surface area contributed by atoms with Crippen molar-refractivity contribution < 1.29 is 38.7 Å². The molecule has 1 spiro atoms. The van der Waals surface area contributed by atoms with Crippen molar-refractivity contribution in [2.24, 2.45) is 29.6 Å². The fourth-order valence-corrected chi connectivity index (χ4v) is 8.20. The van der Waals surface area contributed by atoms with Crippen LogP contribution in [0.15, 0.2) is 41.6 Å². The Morgan fingerprint density at radius 3 is 2.70 bits per heavy atom. The maximum atomic E-state index is 13.4. The lowest BCUT2D eigenvalue weighted by molar-refractivity contribution is -0.198. The zero-order chi connectivity index (χ0) is 26.4. The Morgan fingerprint density at radius 2 is 2.05 bits per heavy atom. The first-order valence-electron chi connectivity index (χ1n) is 13.1. The molecule has 9 nitrogen and oxygen atoms in total. The lowest BCUT2D eigenvalue weighted by atomic mass is 9.52. The number of nitrogens with one attached hydrogen (secondary N) is 1. The van der Waals surface area contributed by atoms with Gasteiger partial charge in [0, 0.05) is 49.3 Å². The van der Waals surface area contributed by atoms with Crippen LogP contribution in [0, 0.1) is 29.6 Å². The van der Waals surface area contributed by atoms with Gasteiger partial charge in [-0.25, -0.2) is 9.59 Å². The number of hydrogen-bond acceptors (Lipinski definition) is 8. The Bertz CT molecular complexity index is 1170. The molecule has 3 fully saturated rings. The van der Waals surface area contributed by atoms with Gasteiger partial charge >= 0.3 is 11.9 Å². The number of cyclic esters (lactones) is 1. The monoisotopic (exact) mass is 513 g/mol. The van der Waals surface area contributed by atoms with Crippen molar-refractivity contribution in [2.45, 2.75) is 75.8 Å². The summed E-state index contributed by atoms with van der Waals surface area (Å²) in [6.45, 7) is 7.40. The second-order valence-corrected chi connectivity index (χ2v) is 11.4. The lowest BCUT2D eigenvalue weighted by Gasteiger charge is -2.56. The minimum atomic E-state index is -1.29. The van der Waals surface area contributed by atoms with Gasteiger partial charge in [0.2, 0.25) is 0 Å². The first kappa shape index (κ1) is 24.9. The summed E-state index contributed by atoms with van der Waals surface area (Å²) in [5.74, 6) is -2.37. The molecular weight excluding hydrogens is 478 g/mol. The Labute approximate surface area is 215 Å². The summed E-state index contributed by atoms with van der Waals surface area (Å²) in [5, 5.41) is 22.1. The second kappa shape index (κ2) is 8.27. The molecule has 200 valence electrons. The van der Waals surface area contributed by atoms with Crippen molar-refractivity contribution in [2.75, 3.05) is 7.11 Å². The summed E-state index contributed by atoms with van der Waals surface area (Å²) in [7, 11) is 1.51. The summed E-state index contributed by atoms with van der Waals surface area (Å²) < 4.78 is 24.6. The Hall–Kier alpha value is -2.46. The van der Waals surface area contributed by atoms with Gasteiger partial charge in [0.15, 0.2) is 5.60 Å². The van der Waals surface area contributed by atoms with E-state index in [-0.39, 0.29) is 29.6 Å².